The van der Waals surface area contributed by atoms with Gasteiger partial charge >= 0.3 is 0 Å². The molecule has 5 nitrogen and oxygen atoms in total. The lowest BCUT2D eigenvalue weighted by molar-refractivity contribution is 0.0735. The number of benzene rings is 2. The summed E-state index contributed by atoms with van der Waals surface area (Å²) in [5.74, 6) is 0.721. The Morgan fingerprint density at radius 3 is 2.53 bits per heavy atom. The third kappa shape index (κ3) is 4.39. The van der Waals surface area contributed by atoms with E-state index in [1.807, 2.05) is 47.5 Å². The van der Waals surface area contributed by atoms with Gasteiger partial charge in [0.15, 0.2) is 0 Å². The highest BCUT2D eigenvalue weighted by molar-refractivity contribution is 7.12. The molecule has 0 radical (unpaired) electrons. The van der Waals surface area contributed by atoms with Crippen LogP contribution in [0.3, 0.4) is 0 Å². The Bertz CT molecular complexity index is 998. The van der Waals surface area contributed by atoms with Crippen molar-refractivity contribution in [3.05, 3.63) is 82.0 Å². The first-order chi connectivity index (χ1) is 14.7. The van der Waals surface area contributed by atoms with Gasteiger partial charge in [-0.25, -0.2) is 0 Å². The van der Waals surface area contributed by atoms with Crippen LogP contribution in [-0.4, -0.2) is 29.9 Å². The standard InChI is InChI=1S/C24H24N2O3S/c1-2-29-20-13-9-17(10-14-20)21-5-3-15-26(21)24(28)18-7-11-19(12-8-18)25-23(27)22-6-4-16-30-22/h4,6-14,16,21H,2-3,5,15H2,1H3,(H,25,27). The van der Waals surface area contributed by atoms with E-state index >= 15 is 0 Å². The summed E-state index contributed by atoms with van der Waals surface area (Å²) < 4.78 is 5.52. The Labute approximate surface area is 180 Å². The molecule has 0 spiro atoms. The number of hydrogen-bond acceptors (Lipinski definition) is 4. The molecule has 1 N–H and O–H groups in total. The van der Waals surface area contributed by atoms with Crippen LogP contribution in [0.5, 0.6) is 5.75 Å². The highest BCUT2D eigenvalue weighted by Gasteiger charge is 2.30. The third-order valence-electron chi connectivity index (χ3n) is 5.22. The van der Waals surface area contributed by atoms with Crippen molar-refractivity contribution in [1.82, 2.24) is 4.90 Å². The molecule has 1 fully saturated rings. The molecule has 1 aromatic heterocycles. The van der Waals surface area contributed by atoms with Crippen LogP contribution in [0.25, 0.3) is 0 Å². The van der Waals surface area contributed by atoms with E-state index in [0.717, 1.165) is 30.7 Å². The van der Waals surface area contributed by atoms with Crippen LogP contribution in [0.4, 0.5) is 5.69 Å². The maximum atomic E-state index is 13.1. The molecule has 1 saturated heterocycles. The van der Waals surface area contributed by atoms with Crippen LogP contribution in [0.1, 0.15) is 51.4 Å². The smallest absolute Gasteiger partial charge is 0.265 e. The summed E-state index contributed by atoms with van der Waals surface area (Å²) in [7, 11) is 0. The van der Waals surface area contributed by atoms with Crippen molar-refractivity contribution in [3.63, 3.8) is 0 Å². The third-order valence-corrected chi connectivity index (χ3v) is 6.09. The van der Waals surface area contributed by atoms with Crippen LogP contribution in [0.2, 0.25) is 0 Å². The van der Waals surface area contributed by atoms with Crippen molar-refractivity contribution < 1.29 is 14.3 Å². The van der Waals surface area contributed by atoms with Gasteiger partial charge in [-0.2, -0.15) is 0 Å². The fraction of sp³-hybridized carbons (Fsp3) is 0.250. The molecule has 6 heteroatoms. The second-order valence-electron chi connectivity index (χ2n) is 7.17. The molecule has 3 aromatic rings. The van der Waals surface area contributed by atoms with Crippen molar-refractivity contribution >= 4 is 28.8 Å². The second kappa shape index (κ2) is 9.13. The summed E-state index contributed by atoms with van der Waals surface area (Å²) in [4.78, 5) is 27.9. The molecule has 1 unspecified atom stereocenters. The zero-order valence-corrected chi connectivity index (χ0v) is 17.7. The highest BCUT2D eigenvalue weighted by Crippen LogP contribution is 2.34. The zero-order chi connectivity index (χ0) is 20.9. The average molecular weight is 421 g/mol. The molecule has 2 aromatic carbocycles. The number of nitrogens with one attached hydrogen (secondary N) is 1. The molecule has 2 heterocycles. The molecule has 2 amide bonds. The van der Waals surface area contributed by atoms with Gasteiger partial charge < -0.3 is 15.0 Å². The van der Waals surface area contributed by atoms with Gasteiger partial charge in [0.05, 0.1) is 17.5 Å². The lowest BCUT2D eigenvalue weighted by atomic mass is 10.0. The molecule has 0 aliphatic carbocycles. The minimum atomic E-state index is -0.140. The molecule has 154 valence electrons. The number of thiophene rings is 1. The summed E-state index contributed by atoms with van der Waals surface area (Å²) in [5.41, 5.74) is 2.43. The Morgan fingerprint density at radius 2 is 1.87 bits per heavy atom. The Hall–Kier alpha value is -3.12. The average Bonchev–Trinajstić information content (AvgIpc) is 3.47. The number of rotatable bonds is 6. The first-order valence-corrected chi connectivity index (χ1v) is 11.0. The molecule has 1 aliphatic heterocycles. The van der Waals surface area contributed by atoms with E-state index in [1.54, 1.807) is 30.3 Å². The maximum Gasteiger partial charge on any atom is 0.265 e. The van der Waals surface area contributed by atoms with Crippen molar-refractivity contribution in [2.45, 2.75) is 25.8 Å². The SMILES string of the molecule is CCOc1ccc(C2CCCN2C(=O)c2ccc(NC(=O)c3cccs3)cc2)cc1. The largest absolute Gasteiger partial charge is 0.494 e. The number of carbonyl (C=O) groups is 2. The normalized spacial score (nSPS) is 15.8. The monoisotopic (exact) mass is 420 g/mol. The van der Waals surface area contributed by atoms with Gasteiger partial charge in [-0.3, -0.25) is 9.59 Å². The Balaban J connectivity index is 1.44. The predicted molar refractivity (Wildman–Crippen MR) is 119 cm³/mol. The molecule has 1 aliphatic rings. The van der Waals surface area contributed by atoms with Gasteiger partial charge in [0, 0.05) is 17.8 Å². The number of hydrogen-bond donors (Lipinski definition) is 1. The Morgan fingerprint density at radius 1 is 1.10 bits per heavy atom. The number of nitrogens with zero attached hydrogens (tertiary/aromatic N) is 1. The van der Waals surface area contributed by atoms with Crippen LogP contribution in [-0.2, 0) is 0 Å². The lowest BCUT2D eigenvalue weighted by Crippen LogP contribution is -2.30. The number of anilines is 1. The summed E-state index contributed by atoms with van der Waals surface area (Å²) >= 11 is 1.40. The number of likely N-dealkylation sites (tertiary alicyclic amines) is 1. The molecule has 4 rings (SSSR count). The minimum absolute atomic E-state index is 0.0162. The fourth-order valence-electron chi connectivity index (χ4n) is 3.77. The molecule has 1 atom stereocenters. The van der Waals surface area contributed by atoms with E-state index in [-0.39, 0.29) is 17.9 Å². The number of carbonyl (C=O) groups excluding carboxylic acids is 2. The van der Waals surface area contributed by atoms with Crippen LogP contribution < -0.4 is 10.1 Å². The molecule has 0 bridgehead atoms. The van der Waals surface area contributed by atoms with E-state index in [9.17, 15) is 9.59 Å². The van der Waals surface area contributed by atoms with Gasteiger partial charge in [0.25, 0.3) is 11.8 Å². The zero-order valence-electron chi connectivity index (χ0n) is 16.8. The van der Waals surface area contributed by atoms with Crippen LogP contribution in [0, 0.1) is 0 Å². The van der Waals surface area contributed by atoms with Gasteiger partial charge in [-0.15, -0.1) is 11.3 Å². The molecule has 0 saturated carbocycles. The van der Waals surface area contributed by atoms with Crippen molar-refractivity contribution in [3.8, 4) is 5.75 Å². The van der Waals surface area contributed by atoms with Gasteiger partial charge in [0.2, 0.25) is 0 Å². The van der Waals surface area contributed by atoms with Crippen molar-refractivity contribution in [2.24, 2.45) is 0 Å². The minimum Gasteiger partial charge on any atom is -0.494 e. The molecule has 30 heavy (non-hydrogen) atoms. The van der Waals surface area contributed by atoms with E-state index in [2.05, 4.69) is 5.32 Å². The number of amides is 2. The first kappa shape index (κ1) is 20.2. The maximum absolute atomic E-state index is 13.1. The van der Waals surface area contributed by atoms with Crippen LogP contribution in [0.15, 0.2) is 66.0 Å². The summed E-state index contributed by atoms with van der Waals surface area (Å²) in [5, 5.41) is 4.73. The topological polar surface area (TPSA) is 58.6 Å². The summed E-state index contributed by atoms with van der Waals surface area (Å²) in [6.07, 6.45) is 1.94. The van der Waals surface area contributed by atoms with Crippen molar-refractivity contribution in [2.75, 3.05) is 18.5 Å². The highest BCUT2D eigenvalue weighted by atomic mass is 32.1. The van der Waals surface area contributed by atoms with E-state index in [0.29, 0.717) is 22.7 Å². The molecular weight excluding hydrogens is 396 g/mol. The van der Waals surface area contributed by atoms with Crippen LogP contribution >= 0.6 is 11.3 Å². The van der Waals surface area contributed by atoms with Gasteiger partial charge in [0.1, 0.15) is 5.75 Å². The van der Waals surface area contributed by atoms with Gasteiger partial charge in [-0.1, -0.05) is 18.2 Å². The van der Waals surface area contributed by atoms with E-state index < -0.39 is 0 Å². The van der Waals surface area contributed by atoms with Gasteiger partial charge in [-0.05, 0) is 73.2 Å². The quantitative estimate of drug-likeness (QED) is 0.583. The number of ether oxygens (including phenoxy) is 1. The lowest BCUT2D eigenvalue weighted by Gasteiger charge is -2.25. The second-order valence-corrected chi connectivity index (χ2v) is 8.12. The summed E-state index contributed by atoms with van der Waals surface area (Å²) in [6, 6.07) is 18.8. The van der Waals surface area contributed by atoms with E-state index in [1.165, 1.54) is 11.3 Å². The summed E-state index contributed by atoms with van der Waals surface area (Å²) in [6.45, 7) is 3.34. The predicted octanol–water partition coefficient (Wildman–Crippen LogP) is 5.38. The Kier molecular flexibility index (Phi) is 6.14. The first-order valence-electron chi connectivity index (χ1n) is 10.1. The fourth-order valence-corrected chi connectivity index (χ4v) is 4.39. The van der Waals surface area contributed by atoms with E-state index in [4.69, 9.17) is 4.74 Å². The molecular formula is C24H24N2O3S. The van der Waals surface area contributed by atoms with Crippen molar-refractivity contribution in [1.29, 1.82) is 0 Å².